The highest BCUT2D eigenvalue weighted by atomic mass is 35.5. The molecule has 3 rings (SSSR count). The minimum absolute atomic E-state index is 0.0482. The van der Waals surface area contributed by atoms with Gasteiger partial charge in [-0.25, -0.2) is 0 Å². The summed E-state index contributed by atoms with van der Waals surface area (Å²) in [6, 6.07) is 9.21. The zero-order valence-corrected chi connectivity index (χ0v) is 20.3. The lowest BCUT2D eigenvalue weighted by Gasteiger charge is -2.45. The molecule has 10 heteroatoms. The molecule has 2 unspecified atom stereocenters. The van der Waals surface area contributed by atoms with Gasteiger partial charge in [0.25, 0.3) is 10.1 Å². The van der Waals surface area contributed by atoms with Crippen LogP contribution in [-0.2, 0) is 15.5 Å². The Bertz CT molecular complexity index is 1110. The number of benzene rings is 2. The number of nitrogens with one attached hydrogen (secondary N) is 1. The fourth-order valence-electron chi connectivity index (χ4n) is 4.74. The van der Waals surface area contributed by atoms with Crippen LogP contribution in [0, 0.1) is 0 Å². The molecule has 2 atom stereocenters. The summed E-state index contributed by atoms with van der Waals surface area (Å²) in [5.41, 5.74) is -0.747. The van der Waals surface area contributed by atoms with Gasteiger partial charge in [-0.1, -0.05) is 36.2 Å². The number of ether oxygens (including phenoxy) is 2. The van der Waals surface area contributed by atoms with Crippen molar-refractivity contribution in [2.75, 3.05) is 27.3 Å². The van der Waals surface area contributed by atoms with Crippen molar-refractivity contribution < 1.29 is 27.2 Å². The molecule has 2 aromatic carbocycles. The predicted octanol–water partition coefficient (Wildman–Crippen LogP) is 4.16. The molecule has 1 aliphatic heterocycles. The average Bonchev–Trinajstić information content (AvgIpc) is 3.26. The molecule has 0 bridgehead atoms. The smallest absolute Gasteiger partial charge is 0.279 e. The van der Waals surface area contributed by atoms with Gasteiger partial charge in [-0.15, -0.1) is 0 Å². The number of carbonyl (C=O) groups is 1. The van der Waals surface area contributed by atoms with Crippen LogP contribution >= 0.6 is 23.2 Å². The Kier molecular flexibility index (Phi) is 7.12. The van der Waals surface area contributed by atoms with E-state index in [1.807, 2.05) is 0 Å². The molecule has 0 aliphatic carbocycles. The summed E-state index contributed by atoms with van der Waals surface area (Å²) >= 11 is 12.3. The number of hydrogen-bond donors (Lipinski definition) is 2. The average molecular weight is 502 g/mol. The quantitative estimate of drug-likeness (QED) is 0.413. The molecule has 174 valence electrons. The highest BCUT2D eigenvalue weighted by molar-refractivity contribution is 7.88. The molecule has 1 heterocycles. The third-order valence-electron chi connectivity index (χ3n) is 6.32. The van der Waals surface area contributed by atoms with E-state index in [4.69, 9.17) is 32.7 Å². The standard InChI is InChI=1S/C22H25Cl2NO6S/c1-4-22(32(27,28)29,20(26)14-9-16(30-2)12-17(10-14)31-3)21(7-8-25-13-21)15-5-6-18(23)19(24)11-15/h5-6,9-12,25H,4,7-8,13H2,1-3H3,(H,27,28,29). The maximum atomic E-state index is 14.1. The Morgan fingerprint density at radius 1 is 1.12 bits per heavy atom. The largest absolute Gasteiger partial charge is 0.497 e. The molecule has 0 saturated carbocycles. The van der Waals surface area contributed by atoms with Crippen LogP contribution in [0.1, 0.15) is 35.7 Å². The van der Waals surface area contributed by atoms with Gasteiger partial charge in [-0.2, -0.15) is 8.42 Å². The summed E-state index contributed by atoms with van der Waals surface area (Å²) in [5, 5.41) is 3.68. The Morgan fingerprint density at radius 2 is 1.75 bits per heavy atom. The Morgan fingerprint density at radius 3 is 2.19 bits per heavy atom. The van der Waals surface area contributed by atoms with E-state index in [1.165, 1.54) is 26.4 Å². The second kappa shape index (κ2) is 9.19. The zero-order chi connectivity index (χ0) is 23.7. The molecule has 0 radical (unpaired) electrons. The summed E-state index contributed by atoms with van der Waals surface area (Å²) in [5.74, 6) is -0.114. The Balaban J connectivity index is 2.35. The van der Waals surface area contributed by atoms with Gasteiger partial charge in [-0.05, 0) is 49.2 Å². The lowest BCUT2D eigenvalue weighted by atomic mass is 9.65. The number of halogens is 2. The highest BCUT2D eigenvalue weighted by Gasteiger charge is 2.65. The number of ketones is 1. The van der Waals surface area contributed by atoms with Crippen LogP contribution in [0.5, 0.6) is 11.5 Å². The number of hydrogen-bond acceptors (Lipinski definition) is 6. The van der Waals surface area contributed by atoms with E-state index < -0.39 is 26.1 Å². The lowest BCUT2D eigenvalue weighted by Crippen LogP contribution is -2.62. The third kappa shape index (κ3) is 3.88. The Labute approximate surface area is 197 Å². The second-order valence-electron chi connectivity index (χ2n) is 7.72. The summed E-state index contributed by atoms with van der Waals surface area (Å²) in [6.07, 6.45) is 0.109. The maximum Gasteiger partial charge on any atom is 0.279 e. The van der Waals surface area contributed by atoms with Crippen molar-refractivity contribution >= 4 is 39.1 Å². The number of carbonyl (C=O) groups excluding carboxylic acids is 1. The summed E-state index contributed by atoms with van der Waals surface area (Å²) in [4.78, 5) is 14.1. The molecular weight excluding hydrogens is 477 g/mol. The van der Waals surface area contributed by atoms with Gasteiger partial charge < -0.3 is 14.8 Å². The zero-order valence-electron chi connectivity index (χ0n) is 17.9. The van der Waals surface area contributed by atoms with E-state index >= 15 is 0 Å². The van der Waals surface area contributed by atoms with Crippen LogP contribution in [0.4, 0.5) is 0 Å². The third-order valence-corrected chi connectivity index (χ3v) is 8.80. The maximum absolute atomic E-state index is 14.1. The Hall–Kier alpha value is -1.84. The topological polar surface area (TPSA) is 102 Å². The van der Waals surface area contributed by atoms with Crippen molar-refractivity contribution in [2.24, 2.45) is 0 Å². The molecule has 2 aromatic rings. The van der Waals surface area contributed by atoms with Crippen molar-refractivity contribution in [1.82, 2.24) is 5.32 Å². The van der Waals surface area contributed by atoms with Gasteiger partial charge in [0.1, 0.15) is 11.5 Å². The molecular formula is C22H25Cl2NO6S. The van der Waals surface area contributed by atoms with Crippen molar-refractivity contribution in [2.45, 2.75) is 29.9 Å². The van der Waals surface area contributed by atoms with Crippen LogP contribution in [0.25, 0.3) is 0 Å². The molecule has 1 fully saturated rings. The van der Waals surface area contributed by atoms with Gasteiger partial charge in [0.2, 0.25) is 0 Å². The predicted molar refractivity (Wildman–Crippen MR) is 124 cm³/mol. The number of Topliss-reactive ketones (excluding diaryl/α,β-unsaturated/α-hetero) is 1. The first kappa shape index (κ1) is 24.8. The molecule has 0 amide bonds. The summed E-state index contributed by atoms with van der Waals surface area (Å²) < 4.78 is 45.2. The van der Waals surface area contributed by atoms with Crippen LogP contribution in [0.15, 0.2) is 36.4 Å². The molecule has 1 aliphatic rings. The van der Waals surface area contributed by atoms with E-state index in [9.17, 15) is 17.8 Å². The fraction of sp³-hybridized carbons (Fsp3) is 0.409. The van der Waals surface area contributed by atoms with Crippen LogP contribution in [-0.4, -0.2) is 50.8 Å². The molecule has 1 saturated heterocycles. The van der Waals surface area contributed by atoms with Gasteiger partial charge >= 0.3 is 0 Å². The first-order valence-corrected chi connectivity index (χ1v) is 12.2. The summed E-state index contributed by atoms with van der Waals surface area (Å²) in [6.45, 7) is 2.17. The van der Waals surface area contributed by atoms with Gasteiger partial charge in [-0.3, -0.25) is 9.35 Å². The van der Waals surface area contributed by atoms with E-state index in [2.05, 4.69) is 5.32 Å². The first-order chi connectivity index (χ1) is 15.1. The molecule has 0 aromatic heterocycles. The monoisotopic (exact) mass is 501 g/mol. The number of rotatable bonds is 8. The van der Waals surface area contributed by atoms with E-state index in [0.29, 0.717) is 28.6 Å². The van der Waals surface area contributed by atoms with Gasteiger partial charge in [0.05, 0.1) is 24.3 Å². The van der Waals surface area contributed by atoms with Gasteiger partial charge in [0.15, 0.2) is 10.5 Å². The van der Waals surface area contributed by atoms with Gasteiger partial charge in [0, 0.05) is 23.6 Å². The minimum atomic E-state index is -4.92. The molecule has 7 nitrogen and oxygen atoms in total. The SMILES string of the molecule is CCC(C(=O)c1cc(OC)cc(OC)c1)(C1(c2ccc(Cl)c(Cl)c2)CCNC1)S(=O)(=O)O. The van der Waals surface area contributed by atoms with E-state index in [1.54, 1.807) is 31.2 Å². The highest BCUT2D eigenvalue weighted by Crippen LogP contribution is 2.50. The summed E-state index contributed by atoms with van der Waals surface area (Å²) in [7, 11) is -2.07. The van der Waals surface area contributed by atoms with Crippen molar-refractivity contribution in [1.29, 1.82) is 0 Å². The van der Waals surface area contributed by atoms with Crippen LogP contribution < -0.4 is 14.8 Å². The van der Waals surface area contributed by atoms with Crippen LogP contribution in [0.2, 0.25) is 10.0 Å². The molecule has 0 spiro atoms. The fourth-order valence-corrected chi connectivity index (χ4v) is 6.55. The minimum Gasteiger partial charge on any atom is -0.497 e. The van der Waals surface area contributed by atoms with E-state index in [-0.39, 0.29) is 30.0 Å². The van der Waals surface area contributed by atoms with E-state index in [0.717, 1.165) is 0 Å². The first-order valence-electron chi connectivity index (χ1n) is 9.97. The van der Waals surface area contributed by atoms with Crippen LogP contribution in [0.3, 0.4) is 0 Å². The molecule has 2 N–H and O–H groups in total. The lowest BCUT2D eigenvalue weighted by molar-refractivity contribution is 0.0868. The van der Waals surface area contributed by atoms with Crippen molar-refractivity contribution in [3.05, 3.63) is 57.6 Å². The number of methoxy groups -OCH3 is 2. The van der Waals surface area contributed by atoms with Crippen molar-refractivity contribution in [3.63, 3.8) is 0 Å². The normalized spacial score (nSPS) is 20.6. The second-order valence-corrected chi connectivity index (χ2v) is 10.2. The molecule has 32 heavy (non-hydrogen) atoms. The van der Waals surface area contributed by atoms with Crippen molar-refractivity contribution in [3.8, 4) is 11.5 Å².